The van der Waals surface area contributed by atoms with E-state index in [1.54, 1.807) is 0 Å². The Balaban J connectivity index is 5.05. The maximum Gasteiger partial charge on any atom is 0.192 e. The molecular weight excluding hydrogens is 298 g/mol. The summed E-state index contributed by atoms with van der Waals surface area (Å²) in [5.41, 5.74) is -0.284. The summed E-state index contributed by atoms with van der Waals surface area (Å²) in [5, 5.41) is 0.189. The summed E-state index contributed by atoms with van der Waals surface area (Å²) in [4.78, 5) is 0. The van der Waals surface area contributed by atoms with Crippen molar-refractivity contribution in [1.82, 2.24) is 4.72 Å². The Morgan fingerprint density at radius 3 is 1.76 bits per heavy atom. The molecule has 128 valence electrons. The second kappa shape index (κ2) is 6.81. The second-order valence-electron chi connectivity index (χ2n) is 9.10. The Morgan fingerprint density at radius 1 is 1.05 bits per heavy atom. The van der Waals surface area contributed by atoms with Crippen molar-refractivity contribution in [2.24, 2.45) is 5.92 Å². The van der Waals surface area contributed by atoms with Gasteiger partial charge in [0, 0.05) is 0 Å². The van der Waals surface area contributed by atoms with Gasteiger partial charge >= 0.3 is 0 Å². The van der Waals surface area contributed by atoms with E-state index in [2.05, 4.69) is 59.4 Å². The van der Waals surface area contributed by atoms with Crippen molar-refractivity contribution in [3.05, 3.63) is 0 Å². The van der Waals surface area contributed by atoms with Crippen molar-refractivity contribution in [3.63, 3.8) is 0 Å². The highest BCUT2D eigenvalue weighted by Gasteiger charge is 2.41. The zero-order valence-electron chi connectivity index (χ0n) is 16.0. The fourth-order valence-electron chi connectivity index (χ4n) is 1.23. The average Bonchev–Trinajstić information content (AvgIpc) is 2.23. The van der Waals surface area contributed by atoms with E-state index < -0.39 is 19.3 Å². The molecule has 0 aromatic rings. The molecule has 0 aliphatic heterocycles. The van der Waals surface area contributed by atoms with Crippen LogP contribution in [-0.2, 0) is 15.4 Å². The molecule has 0 fully saturated rings. The van der Waals surface area contributed by atoms with Crippen LogP contribution in [0.1, 0.15) is 62.3 Å². The normalized spacial score (nSPS) is 18.7. The molecule has 0 spiro atoms. The molecule has 0 radical (unpaired) electrons. The molecule has 5 heteroatoms. The molecule has 0 aromatic carbocycles. The van der Waals surface area contributed by atoms with Crippen LogP contribution in [0.2, 0.25) is 18.1 Å². The van der Waals surface area contributed by atoms with Crippen LogP contribution in [0.5, 0.6) is 0 Å². The SMILES string of the molecule is CC(C)[C@](C)(CO[Si](C)(C)C(C)(C)C)N[S@@](=O)C(C)(C)C. The standard InChI is InChI=1S/C16H37NO2SSi/c1-13(2)16(9,17-20(18)14(3,4)5)12-19-21(10,11)15(6,7)8/h13,17H,12H2,1-11H3/t16-,20-/m0/s1. The first kappa shape index (κ1) is 21.3. The molecule has 0 aliphatic rings. The Hall–Kier alpha value is 0.287. The summed E-state index contributed by atoms with van der Waals surface area (Å²) in [6.45, 7) is 24.2. The summed E-state index contributed by atoms with van der Waals surface area (Å²) < 4.78 is 21.9. The molecule has 1 N–H and O–H groups in total. The van der Waals surface area contributed by atoms with Gasteiger partial charge in [-0.1, -0.05) is 34.6 Å². The lowest BCUT2D eigenvalue weighted by atomic mass is 9.91. The molecule has 0 saturated carbocycles. The number of nitrogens with one attached hydrogen (secondary N) is 1. The predicted octanol–water partition coefficient (Wildman–Crippen LogP) is 4.47. The van der Waals surface area contributed by atoms with Crippen molar-refractivity contribution in [2.75, 3.05) is 6.61 Å². The second-order valence-corrected chi connectivity index (χ2v) is 15.9. The van der Waals surface area contributed by atoms with Gasteiger partial charge in [0.2, 0.25) is 0 Å². The third-order valence-corrected chi connectivity index (χ3v) is 10.9. The third-order valence-electron chi connectivity index (χ3n) is 4.70. The van der Waals surface area contributed by atoms with Gasteiger partial charge in [0.1, 0.15) is 0 Å². The molecule has 2 atom stereocenters. The van der Waals surface area contributed by atoms with Crippen LogP contribution in [-0.4, -0.2) is 29.4 Å². The first-order chi connectivity index (χ1) is 9.03. The van der Waals surface area contributed by atoms with Gasteiger partial charge in [0.25, 0.3) is 0 Å². The maximum atomic E-state index is 12.5. The van der Waals surface area contributed by atoms with E-state index in [0.717, 1.165) is 0 Å². The van der Waals surface area contributed by atoms with Gasteiger partial charge < -0.3 is 4.43 Å². The Kier molecular flexibility index (Phi) is 6.90. The summed E-state index contributed by atoms with van der Waals surface area (Å²) in [6, 6.07) is 0. The zero-order chi connectivity index (χ0) is 17.3. The van der Waals surface area contributed by atoms with Crippen LogP contribution in [0.4, 0.5) is 0 Å². The molecule has 0 heterocycles. The molecule has 21 heavy (non-hydrogen) atoms. The monoisotopic (exact) mass is 335 g/mol. The lowest BCUT2D eigenvalue weighted by Crippen LogP contribution is -2.56. The molecule has 0 bridgehead atoms. The fourth-order valence-corrected chi connectivity index (χ4v) is 3.34. The van der Waals surface area contributed by atoms with Crippen molar-refractivity contribution < 1.29 is 8.63 Å². The fraction of sp³-hybridized carbons (Fsp3) is 1.00. The minimum absolute atomic E-state index is 0.189. The molecule has 0 saturated heterocycles. The summed E-state index contributed by atoms with van der Waals surface area (Å²) >= 11 is 0. The topological polar surface area (TPSA) is 38.3 Å². The zero-order valence-corrected chi connectivity index (χ0v) is 17.8. The van der Waals surface area contributed by atoms with Gasteiger partial charge in [0.05, 0.1) is 27.9 Å². The van der Waals surface area contributed by atoms with Crippen LogP contribution < -0.4 is 4.72 Å². The Labute approximate surface area is 136 Å². The smallest absolute Gasteiger partial charge is 0.192 e. The maximum absolute atomic E-state index is 12.5. The van der Waals surface area contributed by atoms with Gasteiger partial charge in [0.15, 0.2) is 8.32 Å². The van der Waals surface area contributed by atoms with Crippen molar-refractivity contribution in [1.29, 1.82) is 0 Å². The van der Waals surface area contributed by atoms with Crippen LogP contribution in [0.3, 0.4) is 0 Å². The van der Waals surface area contributed by atoms with Crippen LogP contribution in [0.15, 0.2) is 0 Å². The Morgan fingerprint density at radius 2 is 1.48 bits per heavy atom. The minimum atomic E-state index is -1.80. The van der Waals surface area contributed by atoms with Crippen molar-refractivity contribution >= 4 is 19.3 Å². The van der Waals surface area contributed by atoms with Crippen LogP contribution in [0, 0.1) is 5.92 Å². The van der Waals surface area contributed by atoms with Crippen molar-refractivity contribution in [3.8, 4) is 0 Å². The van der Waals surface area contributed by atoms with Gasteiger partial charge in [-0.15, -0.1) is 0 Å². The first-order valence-electron chi connectivity index (χ1n) is 7.86. The minimum Gasteiger partial charge on any atom is -0.415 e. The molecule has 0 rings (SSSR count). The molecule has 0 aliphatic carbocycles. The number of rotatable bonds is 6. The van der Waals surface area contributed by atoms with E-state index in [1.807, 2.05) is 20.8 Å². The highest BCUT2D eigenvalue weighted by Crippen LogP contribution is 2.37. The van der Waals surface area contributed by atoms with Crippen molar-refractivity contribution in [2.45, 2.75) is 90.7 Å². The number of hydrogen-bond acceptors (Lipinski definition) is 2. The molecule has 0 aromatic heterocycles. The van der Waals surface area contributed by atoms with E-state index in [1.165, 1.54) is 0 Å². The highest BCUT2D eigenvalue weighted by molar-refractivity contribution is 7.84. The predicted molar refractivity (Wildman–Crippen MR) is 97.4 cm³/mol. The van der Waals surface area contributed by atoms with Gasteiger partial charge in [-0.05, 0) is 51.7 Å². The van der Waals surface area contributed by atoms with E-state index in [4.69, 9.17) is 4.43 Å². The largest absolute Gasteiger partial charge is 0.415 e. The van der Waals surface area contributed by atoms with E-state index in [0.29, 0.717) is 12.5 Å². The molecule has 0 amide bonds. The van der Waals surface area contributed by atoms with Gasteiger partial charge in [-0.2, -0.15) is 0 Å². The quantitative estimate of drug-likeness (QED) is 0.727. The molecular formula is C16H37NO2SSi. The van der Waals surface area contributed by atoms with E-state index >= 15 is 0 Å². The van der Waals surface area contributed by atoms with Gasteiger partial charge in [-0.3, -0.25) is 0 Å². The van der Waals surface area contributed by atoms with Crippen LogP contribution >= 0.6 is 0 Å². The Bertz CT molecular complexity index is 369. The lowest BCUT2D eigenvalue weighted by molar-refractivity contribution is 0.160. The lowest BCUT2D eigenvalue weighted by Gasteiger charge is -2.42. The number of hydrogen-bond donors (Lipinski definition) is 1. The molecule has 3 nitrogen and oxygen atoms in total. The van der Waals surface area contributed by atoms with E-state index in [-0.39, 0.29) is 15.3 Å². The average molecular weight is 336 g/mol. The highest BCUT2D eigenvalue weighted by atomic mass is 32.2. The van der Waals surface area contributed by atoms with Gasteiger partial charge in [-0.25, -0.2) is 8.93 Å². The third kappa shape index (κ3) is 6.12. The first-order valence-corrected chi connectivity index (χ1v) is 11.9. The summed E-state index contributed by atoms with van der Waals surface area (Å²) in [5.74, 6) is 0.341. The summed E-state index contributed by atoms with van der Waals surface area (Å²) in [6.07, 6.45) is 0. The van der Waals surface area contributed by atoms with Crippen LogP contribution in [0.25, 0.3) is 0 Å². The molecule has 0 unspecified atom stereocenters. The summed E-state index contributed by atoms with van der Waals surface area (Å²) in [7, 11) is -2.89. The van der Waals surface area contributed by atoms with E-state index in [9.17, 15) is 4.21 Å².